The van der Waals surface area contributed by atoms with Gasteiger partial charge < -0.3 is 5.32 Å². The molecule has 1 aromatic carbocycles. The number of benzene rings is 1. The minimum Gasteiger partial charge on any atom is -0.337 e. The van der Waals surface area contributed by atoms with Gasteiger partial charge in [0, 0.05) is 25.2 Å². The summed E-state index contributed by atoms with van der Waals surface area (Å²) in [5.41, 5.74) is -0.217. The average molecular weight is 470 g/mol. The second-order valence-electron chi connectivity index (χ2n) is 9.39. The second kappa shape index (κ2) is 11.2. The Bertz CT molecular complexity index is 1060. The summed E-state index contributed by atoms with van der Waals surface area (Å²) in [5, 5.41) is 13.7. The highest BCUT2D eigenvalue weighted by Gasteiger charge is 2.33. The molecule has 0 spiro atoms. The molecule has 1 aromatic heterocycles. The van der Waals surface area contributed by atoms with Gasteiger partial charge in [-0.3, -0.25) is 19.1 Å². The lowest BCUT2D eigenvalue weighted by molar-refractivity contribution is -0.120. The first kappa shape index (κ1) is 25.3. The maximum atomic E-state index is 13.3. The Labute approximate surface area is 200 Å². The monoisotopic (exact) mass is 469 g/mol. The van der Waals surface area contributed by atoms with Crippen LogP contribution in [0, 0.1) is 11.3 Å². The molecule has 0 aliphatic heterocycles. The first-order valence-electron chi connectivity index (χ1n) is 11.9. The molecule has 2 aromatic rings. The molecule has 1 aliphatic carbocycles. The van der Waals surface area contributed by atoms with Crippen molar-refractivity contribution in [3.05, 3.63) is 34.6 Å². The molecule has 178 valence electrons. The smallest absolute Gasteiger partial charge is 0.262 e. The fourth-order valence-electron chi connectivity index (χ4n) is 4.64. The van der Waals surface area contributed by atoms with Gasteiger partial charge in [-0.05, 0) is 52.7 Å². The van der Waals surface area contributed by atoms with Crippen LogP contribution in [-0.2, 0) is 11.3 Å². The molecule has 0 radical (unpaired) electrons. The first-order chi connectivity index (χ1) is 15.8. The zero-order valence-electron chi connectivity index (χ0n) is 20.1. The molecular weight excluding hydrogens is 434 g/mol. The van der Waals surface area contributed by atoms with Gasteiger partial charge in [0.2, 0.25) is 5.91 Å². The van der Waals surface area contributed by atoms with Crippen LogP contribution in [0.4, 0.5) is 0 Å². The molecule has 1 saturated carbocycles. The Morgan fingerprint density at radius 1 is 1.21 bits per heavy atom. The minimum absolute atomic E-state index is 0.0863. The van der Waals surface area contributed by atoms with E-state index in [0.29, 0.717) is 54.1 Å². The van der Waals surface area contributed by atoms with Crippen molar-refractivity contribution in [2.24, 2.45) is 0 Å². The SMILES string of the molecule is CC(C)N(CCn1c(SCC(=O)NC2(C#N)CCCCC2)nc2ccccc2c1=O)C(C)C. The third-order valence-electron chi connectivity index (χ3n) is 6.37. The molecule has 7 nitrogen and oxygen atoms in total. The molecule has 1 heterocycles. The number of hydrogen-bond acceptors (Lipinski definition) is 6. The number of nitrogens with zero attached hydrogens (tertiary/aromatic N) is 4. The summed E-state index contributed by atoms with van der Waals surface area (Å²) in [6.07, 6.45) is 4.40. The summed E-state index contributed by atoms with van der Waals surface area (Å²) >= 11 is 1.26. The molecule has 0 unspecified atom stereocenters. The van der Waals surface area contributed by atoms with E-state index in [2.05, 4.69) is 44.0 Å². The number of carbonyl (C=O) groups is 1. The van der Waals surface area contributed by atoms with E-state index < -0.39 is 5.54 Å². The van der Waals surface area contributed by atoms with Crippen molar-refractivity contribution in [2.75, 3.05) is 12.3 Å². The summed E-state index contributed by atoms with van der Waals surface area (Å²) in [5.74, 6) is -0.0740. The molecule has 8 heteroatoms. The van der Waals surface area contributed by atoms with Crippen LogP contribution in [0.3, 0.4) is 0 Å². The molecular formula is C25H35N5O2S. The van der Waals surface area contributed by atoms with E-state index in [9.17, 15) is 14.9 Å². The molecule has 1 N–H and O–H groups in total. The normalized spacial score (nSPS) is 15.8. The number of nitrogens with one attached hydrogen (secondary N) is 1. The van der Waals surface area contributed by atoms with Gasteiger partial charge in [-0.15, -0.1) is 0 Å². The number of para-hydroxylation sites is 1. The lowest BCUT2D eigenvalue weighted by atomic mass is 9.83. The van der Waals surface area contributed by atoms with E-state index in [4.69, 9.17) is 4.98 Å². The third kappa shape index (κ3) is 6.15. The number of hydrogen-bond donors (Lipinski definition) is 1. The van der Waals surface area contributed by atoms with Gasteiger partial charge in [0.05, 0.1) is 22.7 Å². The number of fused-ring (bicyclic) bond motifs is 1. The van der Waals surface area contributed by atoms with Crippen LogP contribution in [0.5, 0.6) is 0 Å². The van der Waals surface area contributed by atoms with Crippen LogP contribution in [0.1, 0.15) is 59.8 Å². The maximum absolute atomic E-state index is 13.3. The van der Waals surface area contributed by atoms with Crippen molar-refractivity contribution in [3.63, 3.8) is 0 Å². The largest absolute Gasteiger partial charge is 0.337 e. The van der Waals surface area contributed by atoms with E-state index >= 15 is 0 Å². The maximum Gasteiger partial charge on any atom is 0.262 e. The third-order valence-corrected chi connectivity index (χ3v) is 7.34. The number of amides is 1. The Balaban J connectivity index is 1.82. The second-order valence-corrected chi connectivity index (χ2v) is 10.3. The number of aromatic nitrogens is 2. The van der Waals surface area contributed by atoms with Crippen molar-refractivity contribution in [1.29, 1.82) is 5.26 Å². The topological polar surface area (TPSA) is 91.0 Å². The van der Waals surface area contributed by atoms with Crippen molar-refractivity contribution in [2.45, 2.75) is 89.1 Å². The molecule has 1 fully saturated rings. The highest BCUT2D eigenvalue weighted by molar-refractivity contribution is 7.99. The number of thioether (sulfide) groups is 1. The Morgan fingerprint density at radius 3 is 2.52 bits per heavy atom. The van der Waals surface area contributed by atoms with Crippen molar-refractivity contribution >= 4 is 28.6 Å². The Kier molecular flexibility index (Phi) is 8.55. The zero-order valence-corrected chi connectivity index (χ0v) is 21.0. The van der Waals surface area contributed by atoms with Crippen LogP contribution in [0.25, 0.3) is 10.9 Å². The van der Waals surface area contributed by atoms with Crippen LogP contribution in [-0.4, -0.2) is 50.3 Å². The van der Waals surface area contributed by atoms with Gasteiger partial charge in [0.15, 0.2) is 5.16 Å². The summed E-state index contributed by atoms with van der Waals surface area (Å²) in [4.78, 5) is 33.1. The molecule has 3 rings (SSSR count). The van der Waals surface area contributed by atoms with E-state index in [1.807, 2.05) is 18.2 Å². The highest BCUT2D eigenvalue weighted by Crippen LogP contribution is 2.28. The average Bonchev–Trinajstić information content (AvgIpc) is 2.79. The summed E-state index contributed by atoms with van der Waals surface area (Å²) in [6, 6.07) is 10.4. The molecule has 0 saturated heterocycles. The van der Waals surface area contributed by atoms with Crippen LogP contribution < -0.4 is 10.9 Å². The minimum atomic E-state index is -0.762. The fourth-order valence-corrected chi connectivity index (χ4v) is 5.46. The lowest BCUT2D eigenvalue weighted by Gasteiger charge is -2.31. The first-order valence-corrected chi connectivity index (χ1v) is 12.9. The van der Waals surface area contributed by atoms with Gasteiger partial charge in [-0.25, -0.2) is 4.98 Å². The summed E-state index contributed by atoms with van der Waals surface area (Å²) < 4.78 is 1.69. The Hall–Kier alpha value is -2.37. The van der Waals surface area contributed by atoms with Gasteiger partial charge in [-0.1, -0.05) is 43.2 Å². The predicted molar refractivity (Wildman–Crippen MR) is 133 cm³/mol. The quantitative estimate of drug-likeness (QED) is 0.442. The van der Waals surface area contributed by atoms with Crippen molar-refractivity contribution in [1.82, 2.24) is 19.8 Å². The van der Waals surface area contributed by atoms with Gasteiger partial charge >= 0.3 is 0 Å². The number of nitriles is 1. The predicted octanol–water partition coefficient (Wildman–Crippen LogP) is 3.95. The number of carbonyl (C=O) groups excluding carboxylic acids is 1. The summed E-state index contributed by atoms with van der Waals surface area (Å²) in [6.45, 7) is 9.82. The van der Waals surface area contributed by atoms with Gasteiger partial charge in [-0.2, -0.15) is 5.26 Å². The molecule has 33 heavy (non-hydrogen) atoms. The molecule has 1 amide bonds. The summed E-state index contributed by atoms with van der Waals surface area (Å²) in [7, 11) is 0. The van der Waals surface area contributed by atoms with Crippen molar-refractivity contribution in [3.8, 4) is 6.07 Å². The van der Waals surface area contributed by atoms with Gasteiger partial charge in [0.25, 0.3) is 5.56 Å². The van der Waals surface area contributed by atoms with E-state index in [1.54, 1.807) is 10.6 Å². The van der Waals surface area contributed by atoms with Gasteiger partial charge in [0.1, 0.15) is 5.54 Å². The van der Waals surface area contributed by atoms with E-state index in [-0.39, 0.29) is 17.2 Å². The van der Waals surface area contributed by atoms with Crippen LogP contribution >= 0.6 is 11.8 Å². The van der Waals surface area contributed by atoms with Crippen LogP contribution in [0.2, 0.25) is 0 Å². The molecule has 0 atom stereocenters. The number of rotatable bonds is 9. The Morgan fingerprint density at radius 2 is 1.88 bits per heavy atom. The zero-order chi connectivity index (χ0) is 24.0. The fraction of sp³-hybridized carbons (Fsp3) is 0.600. The molecule has 0 bridgehead atoms. The van der Waals surface area contributed by atoms with Crippen molar-refractivity contribution < 1.29 is 4.79 Å². The molecule has 1 aliphatic rings. The standard InChI is InChI=1S/C25H35N5O2S/c1-18(2)29(19(3)4)14-15-30-23(32)20-10-6-7-11-21(20)27-24(30)33-16-22(31)28-25(17-26)12-8-5-9-13-25/h6-7,10-11,18-19H,5,8-9,12-16H2,1-4H3,(H,28,31). The van der Waals surface area contributed by atoms with Crippen LogP contribution in [0.15, 0.2) is 34.2 Å². The highest BCUT2D eigenvalue weighted by atomic mass is 32.2. The van der Waals surface area contributed by atoms with E-state index in [0.717, 1.165) is 19.3 Å². The lowest BCUT2D eigenvalue weighted by Crippen LogP contribution is -2.49. The van der Waals surface area contributed by atoms with E-state index in [1.165, 1.54) is 11.8 Å².